The highest BCUT2D eigenvalue weighted by Gasteiger charge is 2.39. The van der Waals surface area contributed by atoms with Crippen molar-refractivity contribution in [2.24, 2.45) is 5.11 Å². The zero-order valence-corrected chi connectivity index (χ0v) is 18.1. The molecule has 1 fully saturated rings. The van der Waals surface area contributed by atoms with Gasteiger partial charge in [-0.1, -0.05) is 41.5 Å². The number of aromatic nitrogens is 4. The van der Waals surface area contributed by atoms with Gasteiger partial charge in [-0.2, -0.15) is 0 Å². The SMILES string of the molecule is Cc1cn([C@H]2CC(N=[N+]=[N-])[C@@H](c3nc4ccccc4c4c3[nH]c3ccccc34)O2)c(=O)[nH]c1=O. The van der Waals surface area contributed by atoms with E-state index in [0.717, 1.165) is 32.7 Å². The van der Waals surface area contributed by atoms with Crippen LogP contribution in [0.1, 0.15) is 30.0 Å². The molecular weight excluding hydrogens is 434 g/mol. The minimum Gasteiger partial charge on any atom is -0.353 e. The number of benzene rings is 2. The van der Waals surface area contributed by atoms with Crippen LogP contribution < -0.4 is 11.2 Å². The van der Waals surface area contributed by atoms with Gasteiger partial charge >= 0.3 is 5.69 Å². The number of hydrogen-bond donors (Lipinski definition) is 2. The number of rotatable bonds is 3. The number of azide groups is 1. The molecule has 4 heterocycles. The number of nitrogens with zero attached hydrogens (tertiary/aromatic N) is 5. The fourth-order valence-corrected chi connectivity index (χ4v) is 4.83. The van der Waals surface area contributed by atoms with Gasteiger partial charge in [0.2, 0.25) is 0 Å². The molecule has 2 aromatic carbocycles. The van der Waals surface area contributed by atoms with E-state index in [1.54, 1.807) is 6.92 Å². The molecular formula is C24H19N7O3. The maximum Gasteiger partial charge on any atom is 0.330 e. The molecule has 34 heavy (non-hydrogen) atoms. The van der Waals surface area contributed by atoms with E-state index in [-0.39, 0.29) is 6.42 Å². The second kappa shape index (κ2) is 7.58. The maximum atomic E-state index is 12.5. The molecule has 10 heteroatoms. The molecule has 0 aliphatic carbocycles. The Hall–Kier alpha value is -4.40. The molecule has 10 nitrogen and oxygen atoms in total. The average Bonchev–Trinajstić information content (AvgIpc) is 3.43. The largest absolute Gasteiger partial charge is 0.353 e. The lowest BCUT2D eigenvalue weighted by atomic mass is 10.0. The normalized spacial score (nSPS) is 20.2. The van der Waals surface area contributed by atoms with Gasteiger partial charge in [-0.15, -0.1) is 0 Å². The molecule has 3 atom stereocenters. The molecule has 5 aromatic rings. The van der Waals surface area contributed by atoms with Crippen LogP contribution in [0.2, 0.25) is 0 Å². The molecule has 1 aliphatic heterocycles. The van der Waals surface area contributed by atoms with Crippen LogP contribution >= 0.6 is 0 Å². The summed E-state index contributed by atoms with van der Waals surface area (Å²) < 4.78 is 7.65. The Morgan fingerprint density at radius 1 is 1.12 bits per heavy atom. The van der Waals surface area contributed by atoms with E-state index in [0.29, 0.717) is 11.3 Å². The lowest BCUT2D eigenvalue weighted by Gasteiger charge is -2.18. The number of para-hydroxylation sites is 2. The van der Waals surface area contributed by atoms with Crippen molar-refractivity contribution in [1.29, 1.82) is 0 Å². The van der Waals surface area contributed by atoms with Gasteiger partial charge in [0.1, 0.15) is 12.3 Å². The Morgan fingerprint density at radius 2 is 1.88 bits per heavy atom. The highest BCUT2D eigenvalue weighted by Crippen LogP contribution is 2.43. The summed E-state index contributed by atoms with van der Waals surface area (Å²) in [5.74, 6) is 0. The quantitative estimate of drug-likeness (QED) is 0.238. The summed E-state index contributed by atoms with van der Waals surface area (Å²) in [7, 11) is 0. The van der Waals surface area contributed by atoms with Gasteiger partial charge in [0.25, 0.3) is 5.56 Å². The predicted molar refractivity (Wildman–Crippen MR) is 128 cm³/mol. The summed E-state index contributed by atoms with van der Waals surface area (Å²) in [6, 6.07) is 15.3. The van der Waals surface area contributed by atoms with Crippen molar-refractivity contribution in [3.8, 4) is 0 Å². The van der Waals surface area contributed by atoms with Gasteiger partial charge in [-0.25, -0.2) is 9.78 Å². The van der Waals surface area contributed by atoms with Crippen LogP contribution in [-0.4, -0.2) is 25.6 Å². The minimum atomic E-state index is -0.726. The van der Waals surface area contributed by atoms with Crippen LogP contribution in [-0.2, 0) is 4.74 Å². The molecule has 0 amide bonds. The van der Waals surface area contributed by atoms with Gasteiger partial charge in [-0.3, -0.25) is 14.3 Å². The summed E-state index contributed by atoms with van der Waals surface area (Å²) in [6.07, 6.45) is 0.306. The number of aryl methyl sites for hydroxylation is 1. The first-order valence-electron chi connectivity index (χ1n) is 10.9. The fraction of sp³-hybridized carbons (Fsp3) is 0.208. The molecule has 3 aromatic heterocycles. The average molecular weight is 453 g/mol. The second-order valence-corrected chi connectivity index (χ2v) is 8.43. The van der Waals surface area contributed by atoms with Crippen LogP contribution in [0.15, 0.2) is 69.4 Å². The van der Waals surface area contributed by atoms with Crippen LogP contribution in [0.5, 0.6) is 0 Å². The Balaban J connectivity index is 1.58. The molecule has 168 valence electrons. The fourth-order valence-electron chi connectivity index (χ4n) is 4.83. The van der Waals surface area contributed by atoms with E-state index >= 15 is 0 Å². The van der Waals surface area contributed by atoms with E-state index in [2.05, 4.69) is 26.1 Å². The lowest BCUT2D eigenvalue weighted by Crippen LogP contribution is -2.33. The molecule has 1 saturated heterocycles. The summed E-state index contributed by atoms with van der Waals surface area (Å²) in [4.78, 5) is 38.0. The van der Waals surface area contributed by atoms with Gasteiger partial charge in [0.05, 0.1) is 22.8 Å². The van der Waals surface area contributed by atoms with Crippen molar-refractivity contribution in [2.45, 2.75) is 31.7 Å². The molecule has 2 N–H and O–H groups in total. The van der Waals surface area contributed by atoms with E-state index in [9.17, 15) is 15.1 Å². The number of hydrogen-bond acceptors (Lipinski definition) is 5. The van der Waals surface area contributed by atoms with Crippen molar-refractivity contribution in [1.82, 2.24) is 19.5 Å². The molecule has 0 saturated carbocycles. The topological polar surface area (TPSA) is 142 Å². The Labute approximate surface area is 191 Å². The van der Waals surface area contributed by atoms with Crippen molar-refractivity contribution in [2.75, 3.05) is 0 Å². The molecule has 0 spiro atoms. The third-order valence-electron chi connectivity index (χ3n) is 6.40. The third-order valence-corrected chi connectivity index (χ3v) is 6.40. The van der Waals surface area contributed by atoms with Crippen molar-refractivity contribution in [3.05, 3.63) is 97.3 Å². The Morgan fingerprint density at radius 3 is 2.71 bits per heavy atom. The van der Waals surface area contributed by atoms with Gasteiger partial charge in [0, 0.05) is 44.8 Å². The molecule has 0 bridgehead atoms. The third kappa shape index (κ3) is 3.01. The first-order chi connectivity index (χ1) is 16.5. The summed E-state index contributed by atoms with van der Waals surface area (Å²) in [5.41, 5.74) is 11.8. The highest BCUT2D eigenvalue weighted by molar-refractivity contribution is 6.19. The van der Waals surface area contributed by atoms with Crippen LogP contribution in [0.3, 0.4) is 0 Å². The van der Waals surface area contributed by atoms with E-state index in [1.165, 1.54) is 10.8 Å². The van der Waals surface area contributed by atoms with Gasteiger partial charge in [0.15, 0.2) is 0 Å². The lowest BCUT2D eigenvalue weighted by molar-refractivity contribution is -0.00516. The second-order valence-electron chi connectivity index (χ2n) is 8.43. The van der Waals surface area contributed by atoms with Gasteiger partial charge < -0.3 is 9.72 Å². The molecule has 1 unspecified atom stereocenters. The summed E-state index contributed by atoms with van der Waals surface area (Å²) in [6.45, 7) is 1.62. The number of H-pyrrole nitrogens is 2. The Bertz CT molecular complexity index is 1760. The molecule has 6 rings (SSSR count). The number of ether oxygens (including phenoxy) is 1. The smallest absolute Gasteiger partial charge is 0.330 e. The Kier molecular flexibility index (Phi) is 4.51. The first kappa shape index (κ1) is 20.2. The zero-order valence-electron chi connectivity index (χ0n) is 18.1. The highest BCUT2D eigenvalue weighted by atomic mass is 16.5. The number of aromatic amines is 2. The molecule has 1 aliphatic rings. The summed E-state index contributed by atoms with van der Waals surface area (Å²) >= 11 is 0. The number of fused-ring (bicyclic) bond motifs is 5. The van der Waals surface area contributed by atoms with E-state index < -0.39 is 29.6 Å². The predicted octanol–water partition coefficient (Wildman–Crippen LogP) is 4.37. The first-order valence-corrected chi connectivity index (χ1v) is 10.9. The molecule has 0 radical (unpaired) electrons. The summed E-state index contributed by atoms with van der Waals surface area (Å²) in [5, 5.41) is 7.05. The number of nitrogens with one attached hydrogen (secondary N) is 2. The van der Waals surface area contributed by atoms with E-state index in [4.69, 9.17) is 9.72 Å². The van der Waals surface area contributed by atoms with Gasteiger partial charge in [-0.05, 0) is 24.6 Å². The maximum absolute atomic E-state index is 12.5. The van der Waals surface area contributed by atoms with Crippen LogP contribution in [0, 0.1) is 6.92 Å². The number of pyridine rings is 1. The van der Waals surface area contributed by atoms with Crippen molar-refractivity contribution in [3.63, 3.8) is 0 Å². The van der Waals surface area contributed by atoms with Crippen LogP contribution in [0.4, 0.5) is 0 Å². The van der Waals surface area contributed by atoms with Crippen molar-refractivity contribution < 1.29 is 4.74 Å². The van der Waals surface area contributed by atoms with E-state index in [1.807, 2.05) is 42.5 Å². The van der Waals surface area contributed by atoms with Crippen molar-refractivity contribution >= 4 is 32.7 Å². The zero-order chi connectivity index (χ0) is 23.4. The van der Waals surface area contributed by atoms with Crippen LogP contribution in [0.25, 0.3) is 43.2 Å². The standard InChI is InChI=1S/C24H19N7O3/c1-12-11-31(24(33)28-23(12)32)18-10-17(29-30-25)22(34-18)21-20-19(13-6-2-4-8-15(13)26-20)14-7-3-5-9-16(14)27-21/h2-9,11,17-18,22,26H,10H2,1H3,(H,28,32,33)/t17?,18-,22+/m1/s1. The minimum absolute atomic E-state index is 0.260. The monoisotopic (exact) mass is 453 g/mol.